The fourth-order valence-corrected chi connectivity index (χ4v) is 5.55. The third-order valence-corrected chi connectivity index (χ3v) is 5.85. The van der Waals surface area contributed by atoms with E-state index in [4.69, 9.17) is 9.47 Å². The lowest BCUT2D eigenvalue weighted by atomic mass is 9.81. The van der Waals surface area contributed by atoms with Crippen molar-refractivity contribution in [2.75, 3.05) is 0 Å². The summed E-state index contributed by atoms with van der Waals surface area (Å²) in [6.07, 6.45) is 2.89. The Labute approximate surface area is 176 Å². The van der Waals surface area contributed by atoms with E-state index >= 15 is 0 Å². The molecule has 6 nitrogen and oxygen atoms in total. The molecule has 2 aliphatic heterocycles. The smallest absolute Gasteiger partial charge is 0.320 e. The van der Waals surface area contributed by atoms with Gasteiger partial charge < -0.3 is 20.1 Å². The molecule has 2 saturated heterocycles. The molecule has 2 rings (SSSR count). The van der Waals surface area contributed by atoms with Crippen LogP contribution in [-0.2, 0) is 19.1 Å². The molecule has 2 fully saturated rings. The molecule has 2 N–H and O–H groups in total. The molecule has 0 aromatic heterocycles. The summed E-state index contributed by atoms with van der Waals surface area (Å²) in [7, 11) is 0. The van der Waals surface area contributed by atoms with Crippen LogP contribution in [0.4, 0.5) is 0 Å². The summed E-state index contributed by atoms with van der Waals surface area (Å²) in [5.41, 5.74) is -0.495. The average Bonchev–Trinajstić information content (AvgIpc) is 2.40. The molecule has 2 aliphatic rings. The lowest BCUT2D eigenvalue weighted by Crippen LogP contribution is -2.60. The van der Waals surface area contributed by atoms with Crippen molar-refractivity contribution in [1.82, 2.24) is 10.6 Å². The van der Waals surface area contributed by atoms with Gasteiger partial charge in [-0.1, -0.05) is 6.92 Å². The van der Waals surface area contributed by atoms with Crippen LogP contribution in [0.2, 0.25) is 0 Å². The third kappa shape index (κ3) is 6.95. The first-order valence-corrected chi connectivity index (χ1v) is 11.0. The number of nitrogens with one attached hydrogen (secondary N) is 2. The Morgan fingerprint density at radius 2 is 1.00 bits per heavy atom. The minimum absolute atomic E-state index is 0.124. The Bertz CT molecular complexity index is 540. The molecule has 0 aromatic carbocycles. The molecule has 0 saturated carbocycles. The highest BCUT2D eigenvalue weighted by Gasteiger charge is 2.43. The van der Waals surface area contributed by atoms with E-state index in [1.165, 1.54) is 0 Å². The number of carbonyl (C=O) groups is 2. The summed E-state index contributed by atoms with van der Waals surface area (Å²) in [4.78, 5) is 25.7. The van der Waals surface area contributed by atoms with Gasteiger partial charge in [-0.25, -0.2) is 0 Å². The zero-order chi connectivity index (χ0) is 22.3. The van der Waals surface area contributed by atoms with Crippen molar-refractivity contribution in [2.45, 2.75) is 129 Å². The SMILES string of the molecule is CCC(C(=O)OC1CC(C)(C)NC(C)(C)C1)C(=O)OC1CC(C)(C)NC(C)(C)C1. The topological polar surface area (TPSA) is 76.7 Å². The molecule has 29 heavy (non-hydrogen) atoms. The molecule has 0 unspecified atom stereocenters. The number of esters is 2. The van der Waals surface area contributed by atoms with Gasteiger partial charge in [-0.2, -0.15) is 0 Å². The van der Waals surface area contributed by atoms with Crippen molar-refractivity contribution in [3.63, 3.8) is 0 Å². The van der Waals surface area contributed by atoms with E-state index in [1.807, 2.05) is 6.92 Å². The number of hydrogen-bond acceptors (Lipinski definition) is 6. The number of rotatable bonds is 5. The molecule has 2 heterocycles. The van der Waals surface area contributed by atoms with Crippen LogP contribution in [0.5, 0.6) is 0 Å². The monoisotopic (exact) mass is 410 g/mol. The Kier molecular flexibility index (Phi) is 6.81. The second-order valence-corrected chi connectivity index (χ2v) is 11.7. The molecule has 6 heteroatoms. The summed E-state index contributed by atoms with van der Waals surface area (Å²) >= 11 is 0. The zero-order valence-corrected chi connectivity index (χ0v) is 19.9. The largest absolute Gasteiger partial charge is 0.462 e. The van der Waals surface area contributed by atoms with Gasteiger partial charge in [0.05, 0.1) is 0 Å². The third-order valence-electron chi connectivity index (χ3n) is 5.85. The van der Waals surface area contributed by atoms with Crippen LogP contribution in [0.3, 0.4) is 0 Å². The van der Waals surface area contributed by atoms with Gasteiger partial charge in [-0.05, 0) is 61.8 Å². The van der Waals surface area contributed by atoms with E-state index in [0.29, 0.717) is 6.42 Å². The normalized spacial score (nSPS) is 26.1. The van der Waals surface area contributed by atoms with E-state index in [-0.39, 0.29) is 34.4 Å². The number of carbonyl (C=O) groups excluding carboxylic acids is 2. The van der Waals surface area contributed by atoms with Crippen molar-refractivity contribution in [1.29, 1.82) is 0 Å². The van der Waals surface area contributed by atoms with E-state index in [1.54, 1.807) is 0 Å². The van der Waals surface area contributed by atoms with Crippen molar-refractivity contribution >= 4 is 11.9 Å². The van der Waals surface area contributed by atoms with Crippen LogP contribution in [0.25, 0.3) is 0 Å². The van der Waals surface area contributed by atoms with Gasteiger partial charge in [0.25, 0.3) is 0 Å². The summed E-state index contributed by atoms with van der Waals surface area (Å²) in [5.74, 6) is -1.77. The second-order valence-electron chi connectivity index (χ2n) is 11.7. The minimum atomic E-state index is -0.864. The van der Waals surface area contributed by atoms with Crippen LogP contribution in [0.15, 0.2) is 0 Å². The highest BCUT2D eigenvalue weighted by atomic mass is 16.6. The van der Waals surface area contributed by atoms with Crippen molar-refractivity contribution < 1.29 is 19.1 Å². The zero-order valence-electron chi connectivity index (χ0n) is 19.9. The summed E-state index contributed by atoms with van der Waals surface area (Å²) in [6, 6.07) is 0. The maximum Gasteiger partial charge on any atom is 0.320 e. The van der Waals surface area contributed by atoms with E-state index in [9.17, 15) is 9.59 Å². The maximum atomic E-state index is 12.8. The van der Waals surface area contributed by atoms with Crippen LogP contribution >= 0.6 is 0 Å². The molecular weight excluding hydrogens is 368 g/mol. The maximum absolute atomic E-state index is 12.8. The minimum Gasteiger partial charge on any atom is -0.462 e. The first-order valence-electron chi connectivity index (χ1n) is 11.0. The van der Waals surface area contributed by atoms with Gasteiger partial charge in [0, 0.05) is 47.8 Å². The summed E-state index contributed by atoms with van der Waals surface area (Å²) < 4.78 is 11.6. The molecular formula is C23H42N2O4. The van der Waals surface area contributed by atoms with Crippen molar-refractivity contribution in [3.05, 3.63) is 0 Å². The fraction of sp³-hybridized carbons (Fsp3) is 0.913. The number of hydrogen-bond donors (Lipinski definition) is 2. The van der Waals surface area contributed by atoms with Gasteiger partial charge in [0.15, 0.2) is 5.92 Å². The number of piperidine rings is 2. The van der Waals surface area contributed by atoms with E-state index in [0.717, 1.165) is 25.7 Å². The van der Waals surface area contributed by atoms with Gasteiger partial charge in [0.1, 0.15) is 12.2 Å². The van der Waals surface area contributed by atoms with Crippen LogP contribution in [0, 0.1) is 5.92 Å². The van der Waals surface area contributed by atoms with Gasteiger partial charge >= 0.3 is 11.9 Å². The Morgan fingerprint density at radius 3 is 1.24 bits per heavy atom. The van der Waals surface area contributed by atoms with Crippen LogP contribution < -0.4 is 10.6 Å². The summed E-state index contributed by atoms with van der Waals surface area (Å²) in [6.45, 7) is 18.7. The Hall–Kier alpha value is -1.14. The molecule has 0 spiro atoms. The Morgan fingerprint density at radius 1 is 0.724 bits per heavy atom. The number of ether oxygens (including phenoxy) is 2. The molecule has 0 aliphatic carbocycles. The molecule has 0 radical (unpaired) electrons. The van der Waals surface area contributed by atoms with Crippen LogP contribution in [0.1, 0.15) is 94.4 Å². The molecule has 168 valence electrons. The van der Waals surface area contributed by atoms with E-state index in [2.05, 4.69) is 66.0 Å². The van der Waals surface area contributed by atoms with E-state index < -0.39 is 17.9 Å². The average molecular weight is 411 g/mol. The van der Waals surface area contributed by atoms with Gasteiger partial charge in [-0.15, -0.1) is 0 Å². The Balaban J connectivity index is 2.01. The van der Waals surface area contributed by atoms with Crippen molar-refractivity contribution in [2.24, 2.45) is 5.92 Å². The predicted octanol–water partition coefficient (Wildman–Crippen LogP) is 3.72. The first-order chi connectivity index (χ1) is 13.0. The fourth-order valence-electron chi connectivity index (χ4n) is 5.55. The van der Waals surface area contributed by atoms with Gasteiger partial charge in [-0.3, -0.25) is 9.59 Å². The predicted molar refractivity (Wildman–Crippen MR) is 115 cm³/mol. The molecule has 0 bridgehead atoms. The molecule has 0 atom stereocenters. The quantitative estimate of drug-likeness (QED) is 0.531. The standard InChI is InChI=1S/C23H42N2O4/c1-10-17(18(26)28-15-11-20(2,3)24-21(4,5)12-15)19(27)29-16-13-22(6,7)25-23(8,9)14-16/h15-17,24-25H,10-14H2,1-9H3. The van der Waals surface area contributed by atoms with Crippen LogP contribution in [-0.4, -0.2) is 46.3 Å². The highest BCUT2D eigenvalue weighted by Crippen LogP contribution is 2.33. The lowest BCUT2D eigenvalue weighted by molar-refractivity contribution is -0.172. The van der Waals surface area contributed by atoms with Crippen molar-refractivity contribution in [3.8, 4) is 0 Å². The second kappa shape index (κ2) is 8.18. The first kappa shape index (κ1) is 24.1. The molecule has 0 amide bonds. The van der Waals surface area contributed by atoms with Gasteiger partial charge in [0.2, 0.25) is 0 Å². The molecule has 0 aromatic rings. The summed E-state index contributed by atoms with van der Waals surface area (Å²) in [5, 5.41) is 7.16. The highest BCUT2D eigenvalue weighted by molar-refractivity contribution is 5.95. The lowest BCUT2D eigenvalue weighted by Gasteiger charge is -2.46.